The molecule has 2 fully saturated rings. The zero-order valence-corrected chi connectivity index (χ0v) is 6.84. The molecule has 0 aromatic heterocycles. The average Bonchev–Trinajstić information content (AvgIpc) is 2.41. The monoisotopic (exact) mass is 140 g/mol. The van der Waals surface area contributed by atoms with Gasteiger partial charge in [0, 0.05) is 6.61 Å². The Morgan fingerprint density at radius 1 is 1.30 bits per heavy atom. The van der Waals surface area contributed by atoms with Gasteiger partial charge in [0.15, 0.2) is 0 Å². The van der Waals surface area contributed by atoms with Crippen LogP contribution in [0.3, 0.4) is 0 Å². The zero-order valence-electron chi connectivity index (χ0n) is 6.84. The molecule has 0 aromatic rings. The summed E-state index contributed by atoms with van der Waals surface area (Å²) in [4.78, 5) is 0. The predicted octanol–water partition coefficient (Wildman–Crippen LogP) is 2.07. The van der Waals surface area contributed by atoms with Crippen molar-refractivity contribution in [3.05, 3.63) is 0 Å². The summed E-state index contributed by atoms with van der Waals surface area (Å²) >= 11 is 0. The summed E-state index contributed by atoms with van der Waals surface area (Å²) in [6.07, 6.45) is 3.35. The predicted molar refractivity (Wildman–Crippen MR) is 40.8 cm³/mol. The third-order valence-corrected chi connectivity index (χ3v) is 3.35. The van der Waals surface area contributed by atoms with E-state index in [0.29, 0.717) is 6.10 Å². The molecular weight excluding hydrogens is 124 g/mol. The van der Waals surface area contributed by atoms with Crippen LogP contribution in [0.1, 0.15) is 26.7 Å². The van der Waals surface area contributed by atoms with Gasteiger partial charge in [-0.3, -0.25) is 0 Å². The maximum atomic E-state index is 5.66. The van der Waals surface area contributed by atoms with Crippen molar-refractivity contribution < 1.29 is 4.74 Å². The highest BCUT2D eigenvalue weighted by Crippen LogP contribution is 2.43. The molecule has 1 unspecified atom stereocenters. The molecule has 1 saturated heterocycles. The molecule has 0 aromatic carbocycles. The van der Waals surface area contributed by atoms with Crippen LogP contribution in [0, 0.1) is 17.8 Å². The summed E-state index contributed by atoms with van der Waals surface area (Å²) in [5, 5.41) is 0. The smallest absolute Gasteiger partial charge is 0.0632 e. The lowest BCUT2D eigenvalue weighted by atomic mass is 9.99. The van der Waals surface area contributed by atoms with Crippen molar-refractivity contribution in [3.8, 4) is 0 Å². The second-order valence-electron chi connectivity index (χ2n) is 3.96. The minimum absolute atomic E-state index is 0.620. The van der Waals surface area contributed by atoms with Gasteiger partial charge < -0.3 is 4.74 Å². The van der Waals surface area contributed by atoms with Crippen LogP contribution < -0.4 is 0 Å². The fourth-order valence-corrected chi connectivity index (χ4v) is 2.50. The van der Waals surface area contributed by atoms with Gasteiger partial charge in [0.25, 0.3) is 0 Å². The molecule has 1 heterocycles. The van der Waals surface area contributed by atoms with Gasteiger partial charge in [0.1, 0.15) is 0 Å². The molecular formula is C9H16O. The molecule has 1 aliphatic carbocycles. The first-order valence-electron chi connectivity index (χ1n) is 4.40. The van der Waals surface area contributed by atoms with Crippen molar-refractivity contribution in [1.82, 2.24) is 0 Å². The molecule has 0 N–H and O–H groups in total. The van der Waals surface area contributed by atoms with E-state index in [2.05, 4.69) is 13.8 Å². The lowest BCUT2D eigenvalue weighted by Gasteiger charge is -2.15. The van der Waals surface area contributed by atoms with Crippen LogP contribution in [0.15, 0.2) is 0 Å². The zero-order chi connectivity index (χ0) is 7.14. The van der Waals surface area contributed by atoms with Crippen LogP contribution in [0.5, 0.6) is 0 Å². The Morgan fingerprint density at radius 2 is 2.10 bits per heavy atom. The molecule has 0 radical (unpaired) electrons. The van der Waals surface area contributed by atoms with E-state index in [4.69, 9.17) is 4.74 Å². The standard InChI is InChI=1S/C9H16O/c1-6-5-8-3-4-10-9(8)7(6)2/h6-9H,3-5H2,1-2H3/t6?,7-,8-,9-/m0/s1. The summed E-state index contributed by atoms with van der Waals surface area (Å²) in [5.74, 6) is 2.62. The molecule has 0 bridgehead atoms. The topological polar surface area (TPSA) is 9.23 Å². The Balaban J connectivity index is 2.09. The third kappa shape index (κ3) is 0.800. The number of ether oxygens (including phenoxy) is 1. The summed E-state index contributed by atoms with van der Waals surface area (Å²) in [5.41, 5.74) is 0. The number of rotatable bonds is 0. The van der Waals surface area contributed by atoms with Crippen LogP contribution in [0.4, 0.5) is 0 Å². The minimum atomic E-state index is 0.620. The molecule has 1 heteroatoms. The molecule has 1 saturated carbocycles. The fraction of sp³-hybridized carbons (Fsp3) is 1.00. The molecule has 10 heavy (non-hydrogen) atoms. The van der Waals surface area contributed by atoms with Crippen LogP contribution in [0.2, 0.25) is 0 Å². The van der Waals surface area contributed by atoms with Gasteiger partial charge in [-0.25, -0.2) is 0 Å². The van der Waals surface area contributed by atoms with Gasteiger partial charge >= 0.3 is 0 Å². The maximum absolute atomic E-state index is 5.66. The normalized spacial score (nSPS) is 53.4. The largest absolute Gasteiger partial charge is 0.378 e. The molecule has 0 spiro atoms. The first-order valence-corrected chi connectivity index (χ1v) is 4.40. The number of hydrogen-bond acceptors (Lipinski definition) is 1. The van der Waals surface area contributed by atoms with E-state index in [-0.39, 0.29) is 0 Å². The van der Waals surface area contributed by atoms with E-state index in [1.807, 2.05) is 0 Å². The van der Waals surface area contributed by atoms with Crippen molar-refractivity contribution in [2.75, 3.05) is 6.61 Å². The second-order valence-corrected chi connectivity index (χ2v) is 3.96. The minimum Gasteiger partial charge on any atom is -0.378 e. The van der Waals surface area contributed by atoms with Crippen molar-refractivity contribution in [2.24, 2.45) is 17.8 Å². The number of hydrogen-bond donors (Lipinski definition) is 0. The maximum Gasteiger partial charge on any atom is 0.0632 e. The molecule has 58 valence electrons. The van der Waals surface area contributed by atoms with Crippen molar-refractivity contribution >= 4 is 0 Å². The van der Waals surface area contributed by atoms with Crippen LogP contribution >= 0.6 is 0 Å². The summed E-state index contributed by atoms with van der Waals surface area (Å²) in [6.45, 7) is 5.71. The summed E-state index contributed by atoms with van der Waals surface area (Å²) in [6, 6.07) is 0. The third-order valence-electron chi connectivity index (χ3n) is 3.35. The van der Waals surface area contributed by atoms with Gasteiger partial charge in [-0.05, 0) is 30.6 Å². The molecule has 2 aliphatic rings. The van der Waals surface area contributed by atoms with E-state index in [1.54, 1.807) is 0 Å². The second kappa shape index (κ2) is 2.23. The highest BCUT2D eigenvalue weighted by Gasteiger charge is 2.41. The van der Waals surface area contributed by atoms with E-state index in [1.165, 1.54) is 12.8 Å². The van der Waals surface area contributed by atoms with Crippen molar-refractivity contribution in [2.45, 2.75) is 32.8 Å². The van der Waals surface area contributed by atoms with Crippen molar-refractivity contribution in [3.63, 3.8) is 0 Å². The highest BCUT2D eigenvalue weighted by atomic mass is 16.5. The van der Waals surface area contributed by atoms with Crippen LogP contribution in [0.25, 0.3) is 0 Å². The Morgan fingerprint density at radius 3 is 2.80 bits per heavy atom. The summed E-state index contributed by atoms with van der Waals surface area (Å²) < 4.78 is 5.66. The lowest BCUT2D eigenvalue weighted by Crippen LogP contribution is -2.17. The molecule has 1 nitrogen and oxygen atoms in total. The lowest BCUT2D eigenvalue weighted by molar-refractivity contribution is 0.0643. The number of fused-ring (bicyclic) bond motifs is 1. The molecule has 2 rings (SSSR count). The Hall–Kier alpha value is -0.0400. The Labute approximate surface area is 62.8 Å². The highest BCUT2D eigenvalue weighted by molar-refractivity contribution is 4.90. The molecule has 1 aliphatic heterocycles. The quantitative estimate of drug-likeness (QED) is 0.500. The van der Waals surface area contributed by atoms with E-state index >= 15 is 0 Å². The van der Waals surface area contributed by atoms with Crippen LogP contribution in [-0.2, 0) is 4.74 Å². The van der Waals surface area contributed by atoms with E-state index in [0.717, 1.165) is 24.4 Å². The van der Waals surface area contributed by atoms with Gasteiger partial charge in [0.05, 0.1) is 6.10 Å². The SMILES string of the molecule is CC1C[C@@H]2CCO[C@H]2[C@H]1C. The molecule has 0 amide bonds. The molecule has 4 atom stereocenters. The van der Waals surface area contributed by atoms with Crippen molar-refractivity contribution in [1.29, 1.82) is 0 Å². The van der Waals surface area contributed by atoms with Crippen LogP contribution in [-0.4, -0.2) is 12.7 Å². The van der Waals surface area contributed by atoms with Gasteiger partial charge in [-0.1, -0.05) is 13.8 Å². The summed E-state index contributed by atoms with van der Waals surface area (Å²) in [7, 11) is 0. The van der Waals surface area contributed by atoms with Gasteiger partial charge in [-0.15, -0.1) is 0 Å². The van der Waals surface area contributed by atoms with E-state index in [9.17, 15) is 0 Å². The Kier molecular flexibility index (Phi) is 1.48. The van der Waals surface area contributed by atoms with Gasteiger partial charge in [0.2, 0.25) is 0 Å². The van der Waals surface area contributed by atoms with Gasteiger partial charge in [-0.2, -0.15) is 0 Å². The first kappa shape index (κ1) is 6.66. The first-order chi connectivity index (χ1) is 4.79. The fourth-order valence-electron chi connectivity index (χ4n) is 2.50. The Bertz CT molecular complexity index is 131. The average molecular weight is 140 g/mol. The van der Waals surface area contributed by atoms with E-state index < -0.39 is 0 Å².